The molecule has 0 saturated carbocycles. The molecule has 1 N–H and O–H groups in total. The van der Waals surface area contributed by atoms with Gasteiger partial charge >= 0.3 is 5.97 Å². The number of unbranched alkanes of at least 4 members (excludes halogenated alkanes) is 2. The number of hydrogen-bond acceptors (Lipinski definition) is 5. The number of hydrogen-bond donors (Lipinski definition) is 1. The van der Waals surface area contributed by atoms with Crippen molar-refractivity contribution in [1.29, 1.82) is 5.26 Å². The van der Waals surface area contributed by atoms with Crippen molar-refractivity contribution in [1.82, 2.24) is 5.32 Å². The molecule has 1 aliphatic rings. The molecular formula is C33H42Cl2N2O3. The Bertz CT molecular complexity index is 1220. The molecule has 1 saturated heterocycles. The van der Waals surface area contributed by atoms with Gasteiger partial charge in [0.25, 0.3) is 0 Å². The lowest BCUT2D eigenvalue weighted by molar-refractivity contribution is -0.154. The van der Waals surface area contributed by atoms with E-state index in [-0.39, 0.29) is 23.2 Å². The lowest BCUT2D eigenvalue weighted by Gasteiger charge is -2.37. The highest BCUT2D eigenvalue weighted by Gasteiger charge is 2.59. The number of rotatable bonds is 10. The van der Waals surface area contributed by atoms with E-state index in [1.54, 1.807) is 18.2 Å². The molecule has 0 spiro atoms. The monoisotopic (exact) mass is 584 g/mol. The maximum atomic E-state index is 13.9. The summed E-state index contributed by atoms with van der Waals surface area (Å²) in [5.74, 6) is -0.602. The summed E-state index contributed by atoms with van der Waals surface area (Å²) in [6.07, 6.45) is 3.45. The molecule has 40 heavy (non-hydrogen) atoms. The number of ketones is 1. The molecule has 0 aliphatic carbocycles. The van der Waals surface area contributed by atoms with Gasteiger partial charge in [-0.2, -0.15) is 5.26 Å². The van der Waals surface area contributed by atoms with Crippen molar-refractivity contribution in [2.45, 2.75) is 109 Å². The van der Waals surface area contributed by atoms with Crippen molar-refractivity contribution < 1.29 is 14.3 Å². The first kappa shape index (κ1) is 32.1. The van der Waals surface area contributed by atoms with E-state index in [4.69, 9.17) is 27.9 Å². The lowest BCUT2D eigenvalue weighted by atomic mass is 9.62. The van der Waals surface area contributed by atoms with Crippen LogP contribution in [-0.4, -0.2) is 29.4 Å². The van der Waals surface area contributed by atoms with Gasteiger partial charge in [-0.25, -0.2) is 0 Å². The number of carbonyl (C=O) groups is 2. The molecule has 1 fully saturated rings. The highest BCUT2D eigenvalue weighted by Crippen LogP contribution is 2.51. The molecular weight excluding hydrogens is 543 g/mol. The highest BCUT2D eigenvalue weighted by atomic mass is 35.5. The predicted molar refractivity (Wildman–Crippen MR) is 162 cm³/mol. The molecule has 1 heterocycles. The van der Waals surface area contributed by atoms with E-state index >= 15 is 0 Å². The zero-order valence-electron chi connectivity index (χ0n) is 24.5. The molecule has 5 nitrogen and oxygen atoms in total. The van der Waals surface area contributed by atoms with Crippen molar-refractivity contribution >= 4 is 35.0 Å². The predicted octanol–water partition coefficient (Wildman–Crippen LogP) is 8.18. The second kappa shape index (κ2) is 13.1. The molecule has 2 aromatic rings. The first-order valence-corrected chi connectivity index (χ1v) is 14.9. The Kier molecular flexibility index (Phi) is 10.5. The standard InChI is InChI=1S/C33H42Cl2N2O3/c1-31(2,3)20-27-33(21-36,23-15-17-24(34)18-16-23)29(22-11-10-12-25(35)19-22)30(37-27)26(38)13-8-7-9-14-28(39)40-32(4,5)6/h10-12,15-19,27,29-30,37H,7-9,13-14,20H2,1-6H3/t27-,29-,30-,33-/m0/s1. The van der Waals surface area contributed by atoms with E-state index < -0.39 is 23.0 Å². The Balaban J connectivity index is 1.92. The summed E-state index contributed by atoms with van der Waals surface area (Å²) in [6, 6.07) is 16.8. The number of carbonyl (C=O) groups excluding carboxylic acids is 2. The molecule has 0 aromatic heterocycles. The van der Waals surface area contributed by atoms with Crippen LogP contribution in [0.2, 0.25) is 10.0 Å². The Labute approximate surface area is 249 Å². The van der Waals surface area contributed by atoms with Gasteiger partial charge in [0.05, 0.1) is 12.1 Å². The van der Waals surface area contributed by atoms with Gasteiger partial charge in [0.15, 0.2) is 0 Å². The fourth-order valence-electron chi connectivity index (χ4n) is 5.80. The van der Waals surface area contributed by atoms with Gasteiger partial charge in [0, 0.05) is 34.8 Å². The minimum absolute atomic E-state index is 0.0623. The van der Waals surface area contributed by atoms with E-state index in [1.807, 2.05) is 51.1 Å². The number of esters is 1. The van der Waals surface area contributed by atoms with Crippen molar-refractivity contribution in [3.8, 4) is 6.07 Å². The topological polar surface area (TPSA) is 79.2 Å². The van der Waals surface area contributed by atoms with Crippen LogP contribution < -0.4 is 5.32 Å². The summed E-state index contributed by atoms with van der Waals surface area (Å²) in [5.41, 5.74) is 0.0804. The number of nitrogens with zero attached hydrogens (tertiary/aromatic N) is 1. The number of halogens is 2. The van der Waals surface area contributed by atoms with Gasteiger partial charge in [-0.15, -0.1) is 0 Å². The normalized spacial score (nSPS) is 23.0. The van der Waals surface area contributed by atoms with E-state index in [1.165, 1.54) is 0 Å². The van der Waals surface area contributed by atoms with Crippen LogP contribution in [0.1, 0.15) is 97.1 Å². The Morgan fingerprint density at radius 2 is 1.60 bits per heavy atom. The third-order valence-electron chi connectivity index (χ3n) is 7.36. The molecule has 7 heteroatoms. The van der Waals surface area contributed by atoms with Crippen LogP contribution in [0.15, 0.2) is 48.5 Å². The summed E-state index contributed by atoms with van der Waals surface area (Å²) < 4.78 is 5.39. The largest absolute Gasteiger partial charge is 0.460 e. The van der Waals surface area contributed by atoms with Gasteiger partial charge in [-0.3, -0.25) is 9.59 Å². The van der Waals surface area contributed by atoms with Crippen LogP contribution >= 0.6 is 23.2 Å². The molecule has 4 atom stereocenters. The van der Waals surface area contributed by atoms with Crippen LogP contribution in [0.4, 0.5) is 0 Å². The fraction of sp³-hybridized carbons (Fsp3) is 0.545. The number of nitriles is 1. The van der Waals surface area contributed by atoms with Crippen LogP contribution in [-0.2, 0) is 19.7 Å². The molecule has 0 radical (unpaired) electrons. The molecule has 0 amide bonds. The fourth-order valence-corrected chi connectivity index (χ4v) is 6.13. The Morgan fingerprint density at radius 1 is 0.950 bits per heavy atom. The maximum Gasteiger partial charge on any atom is 0.306 e. The number of Topliss-reactive ketones (excluding diaryl/α,β-unsaturated/α-hetero) is 1. The van der Waals surface area contributed by atoms with Gasteiger partial charge < -0.3 is 10.1 Å². The van der Waals surface area contributed by atoms with Crippen LogP contribution in [0, 0.1) is 16.7 Å². The minimum Gasteiger partial charge on any atom is -0.460 e. The molecule has 3 rings (SSSR count). The number of benzene rings is 2. The smallest absolute Gasteiger partial charge is 0.306 e. The van der Waals surface area contributed by atoms with Crippen molar-refractivity contribution in [3.05, 3.63) is 69.7 Å². The van der Waals surface area contributed by atoms with Gasteiger partial charge in [0.1, 0.15) is 16.8 Å². The van der Waals surface area contributed by atoms with Crippen LogP contribution in [0.3, 0.4) is 0 Å². The van der Waals surface area contributed by atoms with Crippen molar-refractivity contribution in [3.63, 3.8) is 0 Å². The summed E-state index contributed by atoms with van der Waals surface area (Å²) >= 11 is 12.7. The first-order valence-electron chi connectivity index (χ1n) is 14.1. The Hall–Kier alpha value is -2.39. The quantitative estimate of drug-likeness (QED) is 0.225. The number of nitrogens with one attached hydrogen (secondary N) is 1. The zero-order valence-corrected chi connectivity index (χ0v) is 26.0. The Morgan fingerprint density at radius 3 is 2.17 bits per heavy atom. The third kappa shape index (κ3) is 8.09. The van der Waals surface area contributed by atoms with E-state index in [0.717, 1.165) is 17.5 Å². The first-order chi connectivity index (χ1) is 18.7. The maximum absolute atomic E-state index is 13.9. The summed E-state index contributed by atoms with van der Waals surface area (Å²) in [5, 5.41) is 15.8. The highest BCUT2D eigenvalue weighted by molar-refractivity contribution is 6.30. The van der Waals surface area contributed by atoms with E-state index in [9.17, 15) is 14.9 Å². The summed E-state index contributed by atoms with van der Waals surface area (Å²) in [4.78, 5) is 25.9. The van der Waals surface area contributed by atoms with Crippen LogP contribution in [0.5, 0.6) is 0 Å². The van der Waals surface area contributed by atoms with Gasteiger partial charge in [-0.05, 0) is 80.8 Å². The van der Waals surface area contributed by atoms with Gasteiger partial charge in [0.2, 0.25) is 0 Å². The van der Waals surface area contributed by atoms with Gasteiger partial charge in [-0.1, -0.05) is 74.7 Å². The molecule has 2 aromatic carbocycles. The van der Waals surface area contributed by atoms with E-state index in [2.05, 4.69) is 32.2 Å². The molecule has 216 valence electrons. The average Bonchev–Trinajstić information content (AvgIpc) is 3.16. The SMILES string of the molecule is CC(C)(C)C[C@@H]1N[C@@H](C(=O)CCCCCC(=O)OC(C)(C)C)[C@H](c2cccc(Cl)c2)[C@@]1(C#N)c1ccc(Cl)cc1. The molecule has 0 unspecified atom stereocenters. The molecule has 1 aliphatic heterocycles. The zero-order chi connectivity index (χ0) is 29.7. The average molecular weight is 586 g/mol. The van der Waals surface area contributed by atoms with Crippen molar-refractivity contribution in [2.75, 3.05) is 0 Å². The minimum atomic E-state index is -1.01. The van der Waals surface area contributed by atoms with E-state index in [0.29, 0.717) is 42.1 Å². The lowest BCUT2D eigenvalue weighted by Crippen LogP contribution is -2.44. The van der Waals surface area contributed by atoms with Crippen molar-refractivity contribution in [2.24, 2.45) is 5.41 Å². The second-order valence-corrected chi connectivity index (χ2v) is 14.0. The summed E-state index contributed by atoms with van der Waals surface area (Å²) in [6.45, 7) is 12.0. The summed E-state index contributed by atoms with van der Waals surface area (Å²) in [7, 11) is 0. The van der Waals surface area contributed by atoms with Crippen LogP contribution in [0.25, 0.3) is 0 Å². The second-order valence-electron chi connectivity index (χ2n) is 13.1. The number of ether oxygens (including phenoxy) is 1. The third-order valence-corrected chi connectivity index (χ3v) is 7.84. The molecule has 0 bridgehead atoms.